The molecular weight excluding hydrogens is 272 g/mol. The number of carbonyl (C=O) groups excluding carboxylic acids is 1. The lowest BCUT2D eigenvalue weighted by molar-refractivity contribution is -0.124. The maximum Gasteiger partial charge on any atom is 0.237 e. The Balaban J connectivity index is 0.00000200. The van der Waals surface area contributed by atoms with Crippen LogP contribution in [0.25, 0.3) is 0 Å². The highest BCUT2D eigenvalue weighted by molar-refractivity contribution is 5.85. The van der Waals surface area contributed by atoms with Gasteiger partial charge < -0.3 is 10.6 Å². The van der Waals surface area contributed by atoms with E-state index in [1.54, 1.807) is 0 Å². The van der Waals surface area contributed by atoms with Crippen molar-refractivity contribution >= 4 is 18.3 Å². The zero-order chi connectivity index (χ0) is 13.7. The first-order chi connectivity index (χ1) is 9.16. The minimum Gasteiger partial charge on any atom is -0.352 e. The Kier molecular flexibility index (Phi) is 7.03. The average molecular weight is 297 g/mol. The number of halogens is 1. The van der Waals surface area contributed by atoms with E-state index < -0.39 is 0 Å². The monoisotopic (exact) mass is 296 g/mol. The average Bonchev–Trinajstić information content (AvgIpc) is 2.42. The van der Waals surface area contributed by atoms with Gasteiger partial charge in [-0.1, -0.05) is 30.7 Å². The van der Waals surface area contributed by atoms with Gasteiger partial charge in [-0.05, 0) is 50.8 Å². The van der Waals surface area contributed by atoms with E-state index in [9.17, 15) is 4.79 Å². The van der Waals surface area contributed by atoms with Crippen molar-refractivity contribution in [2.45, 2.75) is 51.6 Å². The van der Waals surface area contributed by atoms with Crippen molar-refractivity contribution < 1.29 is 4.79 Å². The number of benzene rings is 1. The molecule has 1 amide bonds. The predicted octanol–water partition coefficient (Wildman–Crippen LogP) is 2.61. The summed E-state index contributed by atoms with van der Waals surface area (Å²) in [6.07, 6.45) is 4.19. The van der Waals surface area contributed by atoms with Crippen LogP contribution < -0.4 is 10.6 Å². The molecule has 0 aliphatic carbocycles. The molecule has 112 valence electrons. The van der Waals surface area contributed by atoms with Crippen LogP contribution in [0, 0.1) is 6.92 Å². The van der Waals surface area contributed by atoms with Crippen LogP contribution in [-0.2, 0) is 11.2 Å². The van der Waals surface area contributed by atoms with E-state index >= 15 is 0 Å². The molecule has 2 rings (SSSR count). The fourth-order valence-corrected chi connectivity index (χ4v) is 2.64. The molecule has 0 aromatic heterocycles. The van der Waals surface area contributed by atoms with Gasteiger partial charge in [0.05, 0.1) is 6.04 Å². The van der Waals surface area contributed by atoms with Gasteiger partial charge in [-0.25, -0.2) is 0 Å². The zero-order valence-corrected chi connectivity index (χ0v) is 13.1. The number of hydrogen-bond acceptors (Lipinski definition) is 2. The standard InChI is InChI=1S/C16H24N2O.ClH/c1-12-7-3-4-8-14(12)11-13(2)18-16(19)15-9-5-6-10-17-15;/h3-4,7-8,13,15,17H,5-6,9-11H2,1-2H3,(H,18,19);1H/t13?,15-;/m1./s1. The first-order valence-corrected chi connectivity index (χ1v) is 7.25. The molecular formula is C16H25ClN2O. The van der Waals surface area contributed by atoms with Gasteiger partial charge in [-0.15, -0.1) is 12.4 Å². The number of piperidine rings is 1. The van der Waals surface area contributed by atoms with Crippen LogP contribution >= 0.6 is 12.4 Å². The van der Waals surface area contributed by atoms with Crippen LogP contribution in [0.2, 0.25) is 0 Å². The molecule has 1 aliphatic heterocycles. The Morgan fingerprint density at radius 1 is 1.40 bits per heavy atom. The summed E-state index contributed by atoms with van der Waals surface area (Å²) in [6.45, 7) is 5.16. The topological polar surface area (TPSA) is 41.1 Å². The summed E-state index contributed by atoms with van der Waals surface area (Å²) < 4.78 is 0. The van der Waals surface area contributed by atoms with Crippen LogP contribution in [0.3, 0.4) is 0 Å². The van der Waals surface area contributed by atoms with Crippen molar-refractivity contribution in [3.8, 4) is 0 Å². The van der Waals surface area contributed by atoms with E-state index in [1.807, 2.05) is 6.07 Å². The van der Waals surface area contributed by atoms with Gasteiger partial charge in [0.1, 0.15) is 0 Å². The van der Waals surface area contributed by atoms with Gasteiger partial charge in [0.25, 0.3) is 0 Å². The van der Waals surface area contributed by atoms with Crippen molar-refractivity contribution in [3.63, 3.8) is 0 Å². The van der Waals surface area contributed by atoms with Crippen LogP contribution in [-0.4, -0.2) is 24.5 Å². The first-order valence-electron chi connectivity index (χ1n) is 7.25. The third-order valence-corrected chi connectivity index (χ3v) is 3.80. The highest BCUT2D eigenvalue weighted by Crippen LogP contribution is 2.11. The molecule has 0 radical (unpaired) electrons. The fourth-order valence-electron chi connectivity index (χ4n) is 2.64. The summed E-state index contributed by atoms with van der Waals surface area (Å²) in [5.74, 6) is 0.154. The molecule has 0 spiro atoms. The first kappa shape index (κ1) is 17.0. The minimum atomic E-state index is 0. The second-order valence-corrected chi connectivity index (χ2v) is 5.54. The van der Waals surface area contributed by atoms with Gasteiger partial charge in [-0.3, -0.25) is 4.79 Å². The number of carbonyl (C=O) groups is 1. The lowest BCUT2D eigenvalue weighted by Crippen LogP contribution is -2.49. The van der Waals surface area contributed by atoms with Crippen LogP contribution in [0.15, 0.2) is 24.3 Å². The predicted molar refractivity (Wildman–Crippen MR) is 85.4 cm³/mol. The second kappa shape index (κ2) is 8.28. The van der Waals surface area contributed by atoms with E-state index in [2.05, 4.69) is 42.7 Å². The maximum atomic E-state index is 12.1. The number of nitrogens with one attached hydrogen (secondary N) is 2. The van der Waals surface area contributed by atoms with Crippen LogP contribution in [0.5, 0.6) is 0 Å². The molecule has 0 saturated carbocycles. The largest absolute Gasteiger partial charge is 0.352 e. The van der Waals surface area contributed by atoms with Gasteiger partial charge >= 0.3 is 0 Å². The molecule has 2 atom stereocenters. The van der Waals surface area contributed by atoms with E-state index in [1.165, 1.54) is 17.5 Å². The molecule has 0 bridgehead atoms. The second-order valence-electron chi connectivity index (χ2n) is 5.54. The maximum absolute atomic E-state index is 12.1. The molecule has 1 heterocycles. The lowest BCUT2D eigenvalue weighted by atomic mass is 10.0. The summed E-state index contributed by atoms with van der Waals surface area (Å²) in [7, 11) is 0. The Morgan fingerprint density at radius 3 is 2.80 bits per heavy atom. The van der Waals surface area contributed by atoms with E-state index in [-0.39, 0.29) is 30.4 Å². The SMILES string of the molecule is Cc1ccccc1CC(C)NC(=O)[C@H]1CCCCN1.Cl. The van der Waals surface area contributed by atoms with Crippen molar-refractivity contribution in [1.82, 2.24) is 10.6 Å². The summed E-state index contributed by atoms with van der Waals surface area (Å²) in [6, 6.07) is 8.54. The third kappa shape index (κ3) is 4.80. The van der Waals surface area contributed by atoms with Crippen molar-refractivity contribution in [2.75, 3.05) is 6.54 Å². The lowest BCUT2D eigenvalue weighted by Gasteiger charge is -2.24. The number of rotatable bonds is 4. The molecule has 1 unspecified atom stereocenters. The number of amides is 1. The van der Waals surface area contributed by atoms with E-state index in [4.69, 9.17) is 0 Å². The van der Waals surface area contributed by atoms with E-state index in [0.717, 1.165) is 25.8 Å². The minimum absolute atomic E-state index is 0. The summed E-state index contributed by atoms with van der Waals surface area (Å²) in [5.41, 5.74) is 2.60. The normalized spacial score (nSPS) is 19.8. The summed E-state index contributed by atoms with van der Waals surface area (Å²) in [4.78, 5) is 12.1. The highest BCUT2D eigenvalue weighted by atomic mass is 35.5. The van der Waals surface area contributed by atoms with Gasteiger partial charge in [0.2, 0.25) is 5.91 Å². The molecule has 2 N–H and O–H groups in total. The molecule has 4 heteroatoms. The summed E-state index contributed by atoms with van der Waals surface area (Å²) in [5, 5.41) is 6.41. The fraction of sp³-hybridized carbons (Fsp3) is 0.562. The Labute approximate surface area is 127 Å². The van der Waals surface area contributed by atoms with Crippen molar-refractivity contribution in [2.24, 2.45) is 0 Å². The molecule has 1 aromatic rings. The Bertz CT molecular complexity index is 430. The molecule has 1 fully saturated rings. The van der Waals surface area contributed by atoms with E-state index in [0.29, 0.717) is 0 Å². The Morgan fingerprint density at radius 2 is 2.15 bits per heavy atom. The summed E-state index contributed by atoms with van der Waals surface area (Å²) >= 11 is 0. The van der Waals surface area contributed by atoms with Gasteiger partial charge in [0, 0.05) is 6.04 Å². The molecule has 1 aliphatic rings. The highest BCUT2D eigenvalue weighted by Gasteiger charge is 2.21. The van der Waals surface area contributed by atoms with Crippen LogP contribution in [0.1, 0.15) is 37.3 Å². The molecule has 1 saturated heterocycles. The van der Waals surface area contributed by atoms with Crippen molar-refractivity contribution in [1.29, 1.82) is 0 Å². The smallest absolute Gasteiger partial charge is 0.237 e. The molecule has 20 heavy (non-hydrogen) atoms. The molecule has 3 nitrogen and oxygen atoms in total. The number of hydrogen-bond donors (Lipinski definition) is 2. The van der Waals surface area contributed by atoms with Gasteiger partial charge in [0.15, 0.2) is 0 Å². The third-order valence-electron chi connectivity index (χ3n) is 3.80. The zero-order valence-electron chi connectivity index (χ0n) is 12.3. The van der Waals surface area contributed by atoms with Crippen molar-refractivity contribution in [3.05, 3.63) is 35.4 Å². The molecule has 1 aromatic carbocycles. The van der Waals surface area contributed by atoms with Gasteiger partial charge in [-0.2, -0.15) is 0 Å². The van der Waals surface area contributed by atoms with Crippen LogP contribution in [0.4, 0.5) is 0 Å². The quantitative estimate of drug-likeness (QED) is 0.897. The Hall–Kier alpha value is -1.06. The number of aryl methyl sites for hydroxylation is 1.